The Bertz CT molecular complexity index is 1070. The Morgan fingerprint density at radius 2 is 1.59 bits per heavy atom. The minimum Gasteiger partial charge on any atom is -0.339 e. The first-order chi connectivity index (χ1) is 14.1. The Morgan fingerprint density at radius 3 is 2.14 bits per heavy atom. The SMILES string of the molecule is CCC(N)(Cc1ccc(-c2ccc(-c3noc(C)n3)cc2)cc1)c1cccnc1. The smallest absolute Gasteiger partial charge is 0.223 e. The van der Waals surface area contributed by atoms with Crippen LogP contribution in [0, 0.1) is 6.92 Å². The molecular formula is C24H24N4O. The van der Waals surface area contributed by atoms with Crippen LogP contribution in [-0.2, 0) is 12.0 Å². The van der Waals surface area contributed by atoms with E-state index in [9.17, 15) is 0 Å². The van der Waals surface area contributed by atoms with Crippen molar-refractivity contribution < 1.29 is 4.52 Å². The Hall–Kier alpha value is -3.31. The quantitative estimate of drug-likeness (QED) is 0.511. The van der Waals surface area contributed by atoms with Crippen molar-refractivity contribution in [3.63, 3.8) is 0 Å². The molecule has 4 rings (SSSR count). The largest absolute Gasteiger partial charge is 0.339 e. The van der Waals surface area contributed by atoms with Gasteiger partial charge in [-0.05, 0) is 41.2 Å². The van der Waals surface area contributed by atoms with Gasteiger partial charge in [-0.3, -0.25) is 4.98 Å². The molecule has 2 heterocycles. The van der Waals surface area contributed by atoms with Gasteiger partial charge >= 0.3 is 0 Å². The second-order valence-electron chi connectivity index (χ2n) is 7.34. The van der Waals surface area contributed by atoms with Gasteiger partial charge in [-0.25, -0.2) is 0 Å². The Kier molecular flexibility index (Phi) is 5.23. The van der Waals surface area contributed by atoms with Crippen LogP contribution in [-0.4, -0.2) is 15.1 Å². The summed E-state index contributed by atoms with van der Waals surface area (Å²) in [6.07, 6.45) is 5.26. The molecule has 5 nitrogen and oxygen atoms in total. The summed E-state index contributed by atoms with van der Waals surface area (Å²) in [6.45, 7) is 3.91. The molecule has 4 aromatic rings. The van der Waals surface area contributed by atoms with Gasteiger partial charge in [-0.15, -0.1) is 0 Å². The first-order valence-electron chi connectivity index (χ1n) is 9.77. The number of nitrogens with zero attached hydrogens (tertiary/aromatic N) is 3. The fraction of sp³-hybridized carbons (Fsp3) is 0.208. The average Bonchev–Trinajstić information content (AvgIpc) is 3.21. The maximum absolute atomic E-state index is 6.71. The fourth-order valence-electron chi connectivity index (χ4n) is 3.50. The predicted molar refractivity (Wildman–Crippen MR) is 114 cm³/mol. The minimum absolute atomic E-state index is 0.417. The van der Waals surface area contributed by atoms with E-state index in [1.165, 1.54) is 5.56 Å². The van der Waals surface area contributed by atoms with Gasteiger partial charge in [-0.1, -0.05) is 66.7 Å². The van der Waals surface area contributed by atoms with Crippen LogP contribution in [0.15, 0.2) is 77.6 Å². The van der Waals surface area contributed by atoms with E-state index in [1.807, 2.05) is 24.4 Å². The van der Waals surface area contributed by atoms with Crippen LogP contribution in [0.3, 0.4) is 0 Å². The van der Waals surface area contributed by atoms with Gasteiger partial charge in [0, 0.05) is 30.4 Å². The highest BCUT2D eigenvalue weighted by Crippen LogP contribution is 2.28. The average molecular weight is 384 g/mol. The van der Waals surface area contributed by atoms with Crippen molar-refractivity contribution in [1.29, 1.82) is 0 Å². The molecule has 2 aromatic carbocycles. The molecule has 146 valence electrons. The van der Waals surface area contributed by atoms with E-state index in [2.05, 4.69) is 64.5 Å². The second-order valence-corrected chi connectivity index (χ2v) is 7.34. The van der Waals surface area contributed by atoms with E-state index >= 15 is 0 Å². The van der Waals surface area contributed by atoms with Gasteiger partial charge in [-0.2, -0.15) is 4.98 Å². The maximum atomic E-state index is 6.71. The Labute approximate surface area is 170 Å². The summed E-state index contributed by atoms with van der Waals surface area (Å²) < 4.78 is 5.05. The highest BCUT2D eigenvalue weighted by Gasteiger charge is 2.25. The summed E-state index contributed by atoms with van der Waals surface area (Å²) in [5.74, 6) is 1.17. The standard InChI is InChI=1S/C24H24N4O/c1-3-24(25,22-5-4-14-26-16-22)15-18-6-8-19(9-7-18)20-10-12-21(13-11-20)23-27-17(2)29-28-23/h4-14,16H,3,15,25H2,1-2H3. The monoisotopic (exact) mass is 384 g/mol. The van der Waals surface area contributed by atoms with E-state index < -0.39 is 5.54 Å². The molecule has 2 aromatic heterocycles. The number of pyridine rings is 1. The number of aromatic nitrogens is 3. The first kappa shape index (κ1) is 19.0. The lowest BCUT2D eigenvalue weighted by atomic mass is 9.83. The molecule has 5 heteroatoms. The normalized spacial score (nSPS) is 13.2. The van der Waals surface area contributed by atoms with Crippen molar-refractivity contribution in [3.8, 4) is 22.5 Å². The van der Waals surface area contributed by atoms with Crippen LogP contribution in [0.25, 0.3) is 22.5 Å². The lowest BCUT2D eigenvalue weighted by molar-refractivity contribution is 0.394. The van der Waals surface area contributed by atoms with Crippen LogP contribution in [0.5, 0.6) is 0 Å². The van der Waals surface area contributed by atoms with E-state index in [4.69, 9.17) is 10.3 Å². The van der Waals surface area contributed by atoms with Crippen molar-refractivity contribution in [2.24, 2.45) is 5.73 Å². The highest BCUT2D eigenvalue weighted by molar-refractivity contribution is 5.67. The minimum atomic E-state index is -0.417. The van der Waals surface area contributed by atoms with Crippen molar-refractivity contribution in [2.75, 3.05) is 0 Å². The van der Waals surface area contributed by atoms with E-state index in [0.29, 0.717) is 11.7 Å². The first-order valence-corrected chi connectivity index (χ1v) is 9.77. The van der Waals surface area contributed by atoms with Crippen LogP contribution in [0.4, 0.5) is 0 Å². The molecule has 0 saturated heterocycles. The van der Waals surface area contributed by atoms with Crippen LogP contribution >= 0.6 is 0 Å². The number of rotatable bonds is 6. The molecule has 1 atom stereocenters. The van der Waals surface area contributed by atoms with Crippen LogP contribution in [0.1, 0.15) is 30.4 Å². The molecule has 0 bridgehead atoms. The fourth-order valence-corrected chi connectivity index (χ4v) is 3.50. The van der Waals surface area contributed by atoms with Gasteiger partial charge < -0.3 is 10.3 Å². The molecule has 0 saturated carbocycles. The molecular weight excluding hydrogens is 360 g/mol. The van der Waals surface area contributed by atoms with E-state index in [1.54, 1.807) is 13.1 Å². The lowest BCUT2D eigenvalue weighted by Crippen LogP contribution is -2.38. The van der Waals surface area contributed by atoms with E-state index in [0.717, 1.165) is 35.1 Å². The summed E-state index contributed by atoms with van der Waals surface area (Å²) in [5.41, 5.74) is 11.8. The summed E-state index contributed by atoms with van der Waals surface area (Å²) in [4.78, 5) is 8.50. The van der Waals surface area contributed by atoms with Gasteiger partial charge in [0.15, 0.2) is 0 Å². The topological polar surface area (TPSA) is 77.8 Å². The van der Waals surface area contributed by atoms with Gasteiger partial charge in [0.25, 0.3) is 0 Å². The van der Waals surface area contributed by atoms with Crippen LogP contribution < -0.4 is 5.73 Å². The predicted octanol–water partition coefficient (Wildman–Crippen LogP) is 4.91. The molecule has 29 heavy (non-hydrogen) atoms. The third kappa shape index (κ3) is 4.10. The molecule has 0 amide bonds. The molecule has 0 aliphatic rings. The molecule has 2 N–H and O–H groups in total. The maximum Gasteiger partial charge on any atom is 0.223 e. The Balaban J connectivity index is 1.52. The van der Waals surface area contributed by atoms with Gasteiger partial charge in [0.2, 0.25) is 11.7 Å². The molecule has 0 fully saturated rings. The zero-order valence-corrected chi connectivity index (χ0v) is 16.7. The number of hydrogen-bond acceptors (Lipinski definition) is 5. The molecule has 0 radical (unpaired) electrons. The van der Waals surface area contributed by atoms with Gasteiger partial charge in [0.1, 0.15) is 0 Å². The summed E-state index contributed by atoms with van der Waals surface area (Å²) in [6, 6.07) is 20.8. The van der Waals surface area contributed by atoms with Crippen LogP contribution in [0.2, 0.25) is 0 Å². The second kappa shape index (κ2) is 7.97. The molecule has 1 unspecified atom stereocenters. The summed E-state index contributed by atoms with van der Waals surface area (Å²) in [7, 11) is 0. The van der Waals surface area contributed by atoms with E-state index in [-0.39, 0.29) is 0 Å². The summed E-state index contributed by atoms with van der Waals surface area (Å²) >= 11 is 0. The molecule has 0 aliphatic heterocycles. The third-order valence-corrected chi connectivity index (χ3v) is 5.34. The summed E-state index contributed by atoms with van der Waals surface area (Å²) in [5, 5.41) is 3.96. The van der Waals surface area contributed by atoms with Crippen molar-refractivity contribution in [1.82, 2.24) is 15.1 Å². The molecule has 0 aliphatic carbocycles. The lowest BCUT2D eigenvalue weighted by Gasteiger charge is -2.28. The number of hydrogen-bond donors (Lipinski definition) is 1. The van der Waals surface area contributed by atoms with Crippen molar-refractivity contribution in [3.05, 3.63) is 90.1 Å². The number of nitrogens with two attached hydrogens (primary N) is 1. The van der Waals surface area contributed by atoms with Crippen molar-refractivity contribution >= 4 is 0 Å². The highest BCUT2D eigenvalue weighted by atomic mass is 16.5. The molecule has 0 spiro atoms. The third-order valence-electron chi connectivity index (χ3n) is 5.34. The zero-order valence-electron chi connectivity index (χ0n) is 16.7. The van der Waals surface area contributed by atoms with Crippen molar-refractivity contribution in [2.45, 2.75) is 32.2 Å². The number of benzene rings is 2. The zero-order chi connectivity index (χ0) is 20.3. The Morgan fingerprint density at radius 1 is 0.931 bits per heavy atom. The van der Waals surface area contributed by atoms with Gasteiger partial charge in [0.05, 0.1) is 0 Å². The number of aryl methyl sites for hydroxylation is 1.